The van der Waals surface area contributed by atoms with E-state index in [1.54, 1.807) is 0 Å². The number of likely N-dealkylation sites (tertiary alicyclic amines) is 1. The molecule has 1 saturated heterocycles. The van der Waals surface area contributed by atoms with Gasteiger partial charge in [-0.25, -0.2) is 0 Å². The smallest absolute Gasteiger partial charge is 0.249 e. The van der Waals surface area contributed by atoms with E-state index in [9.17, 15) is 4.79 Å². The van der Waals surface area contributed by atoms with Crippen LogP contribution in [0.15, 0.2) is 33.3 Å². The van der Waals surface area contributed by atoms with E-state index in [0.717, 1.165) is 29.4 Å². The minimum Gasteiger partial charge on any atom is -0.337 e. The van der Waals surface area contributed by atoms with Crippen LogP contribution in [-0.2, 0) is 4.79 Å². The highest BCUT2D eigenvalue weighted by Crippen LogP contribution is 2.33. The van der Waals surface area contributed by atoms with Gasteiger partial charge in [0.05, 0.1) is 0 Å². The van der Waals surface area contributed by atoms with Gasteiger partial charge < -0.3 is 9.42 Å². The third-order valence-corrected chi connectivity index (χ3v) is 4.39. The molecule has 0 saturated carbocycles. The van der Waals surface area contributed by atoms with Gasteiger partial charge in [-0.15, -0.1) is 0 Å². The fraction of sp³-hybridized carbons (Fsp3) is 0.438. The van der Waals surface area contributed by atoms with Crippen molar-refractivity contribution in [3.8, 4) is 11.4 Å². The predicted octanol–water partition coefficient (Wildman–Crippen LogP) is 3.82. The number of amides is 1. The fourth-order valence-electron chi connectivity index (χ4n) is 2.71. The van der Waals surface area contributed by atoms with Gasteiger partial charge in [-0.2, -0.15) is 4.98 Å². The van der Waals surface area contributed by atoms with Crippen molar-refractivity contribution < 1.29 is 9.32 Å². The van der Waals surface area contributed by atoms with Crippen LogP contribution in [0.5, 0.6) is 0 Å². The molecule has 1 aromatic carbocycles. The lowest BCUT2D eigenvalue weighted by Crippen LogP contribution is -2.33. The molecule has 1 aliphatic heterocycles. The van der Waals surface area contributed by atoms with E-state index in [1.165, 1.54) is 0 Å². The Morgan fingerprint density at radius 3 is 2.77 bits per heavy atom. The quantitative estimate of drug-likeness (QED) is 0.831. The fourth-order valence-corrected chi connectivity index (χ4v) is 2.97. The third kappa shape index (κ3) is 2.92. The van der Waals surface area contributed by atoms with E-state index in [2.05, 4.69) is 26.1 Å². The SMILES string of the molecule is CC(C)C(=O)N1CCCC1c1nc(-c2ccc(Br)cc2)no1. The second-order valence-corrected chi connectivity index (χ2v) is 6.72. The number of hydrogen-bond donors (Lipinski definition) is 0. The van der Waals surface area contributed by atoms with Gasteiger partial charge in [0, 0.05) is 22.5 Å². The van der Waals surface area contributed by atoms with Crippen LogP contribution in [0.3, 0.4) is 0 Å². The summed E-state index contributed by atoms with van der Waals surface area (Å²) in [7, 11) is 0. The first-order chi connectivity index (χ1) is 10.6. The highest BCUT2D eigenvalue weighted by atomic mass is 79.9. The molecule has 1 unspecified atom stereocenters. The maximum Gasteiger partial charge on any atom is 0.249 e. The third-order valence-electron chi connectivity index (χ3n) is 3.86. The van der Waals surface area contributed by atoms with Crippen LogP contribution in [0.4, 0.5) is 0 Å². The molecule has 0 spiro atoms. The Bertz CT molecular complexity index is 666. The Morgan fingerprint density at radius 1 is 1.36 bits per heavy atom. The van der Waals surface area contributed by atoms with Crippen LogP contribution >= 0.6 is 15.9 Å². The van der Waals surface area contributed by atoms with Crippen LogP contribution in [0.1, 0.15) is 38.6 Å². The standard InChI is InChI=1S/C16H18BrN3O2/c1-10(2)16(21)20-9-3-4-13(20)15-18-14(19-22-15)11-5-7-12(17)8-6-11/h5-8,10,13H,3-4,9H2,1-2H3. The molecule has 0 N–H and O–H groups in total. The molecular weight excluding hydrogens is 346 g/mol. The second kappa shape index (κ2) is 6.20. The molecule has 116 valence electrons. The molecule has 1 amide bonds. The number of halogens is 1. The van der Waals surface area contributed by atoms with Crippen molar-refractivity contribution in [2.75, 3.05) is 6.54 Å². The average molecular weight is 364 g/mol. The molecule has 2 heterocycles. The minimum atomic E-state index is -0.0911. The van der Waals surface area contributed by atoms with Crippen molar-refractivity contribution >= 4 is 21.8 Å². The van der Waals surface area contributed by atoms with Gasteiger partial charge in [-0.1, -0.05) is 34.9 Å². The van der Waals surface area contributed by atoms with Crippen molar-refractivity contribution in [2.45, 2.75) is 32.7 Å². The first-order valence-electron chi connectivity index (χ1n) is 7.46. The number of nitrogens with zero attached hydrogens (tertiary/aromatic N) is 3. The summed E-state index contributed by atoms with van der Waals surface area (Å²) in [6.45, 7) is 4.59. The van der Waals surface area contributed by atoms with Crippen molar-refractivity contribution in [2.24, 2.45) is 5.92 Å². The molecule has 0 aliphatic carbocycles. The lowest BCUT2D eigenvalue weighted by atomic mass is 10.1. The van der Waals surface area contributed by atoms with E-state index in [-0.39, 0.29) is 17.9 Å². The van der Waals surface area contributed by atoms with Gasteiger partial charge in [0.2, 0.25) is 17.6 Å². The molecule has 22 heavy (non-hydrogen) atoms. The zero-order chi connectivity index (χ0) is 15.7. The molecular formula is C16H18BrN3O2. The second-order valence-electron chi connectivity index (χ2n) is 5.81. The summed E-state index contributed by atoms with van der Waals surface area (Å²) >= 11 is 3.41. The zero-order valence-electron chi connectivity index (χ0n) is 12.6. The van der Waals surface area contributed by atoms with Gasteiger partial charge in [0.15, 0.2) is 0 Å². The van der Waals surface area contributed by atoms with E-state index in [4.69, 9.17) is 4.52 Å². The van der Waals surface area contributed by atoms with E-state index in [1.807, 2.05) is 43.0 Å². The zero-order valence-corrected chi connectivity index (χ0v) is 14.2. The largest absolute Gasteiger partial charge is 0.337 e. The number of benzene rings is 1. The molecule has 6 heteroatoms. The highest BCUT2D eigenvalue weighted by Gasteiger charge is 2.34. The Labute approximate surface area is 137 Å². The predicted molar refractivity (Wildman–Crippen MR) is 86.0 cm³/mol. The van der Waals surface area contributed by atoms with Gasteiger partial charge >= 0.3 is 0 Å². The molecule has 1 fully saturated rings. The number of carbonyl (C=O) groups excluding carboxylic acids is 1. The molecule has 5 nitrogen and oxygen atoms in total. The normalized spacial score (nSPS) is 18.2. The Hall–Kier alpha value is -1.69. The summed E-state index contributed by atoms with van der Waals surface area (Å²) in [5.74, 6) is 1.22. The Balaban J connectivity index is 1.84. The van der Waals surface area contributed by atoms with Gasteiger partial charge in [0.1, 0.15) is 6.04 Å². The molecule has 1 atom stereocenters. The topological polar surface area (TPSA) is 59.2 Å². The molecule has 1 aromatic heterocycles. The van der Waals surface area contributed by atoms with Crippen molar-refractivity contribution in [1.82, 2.24) is 15.0 Å². The first-order valence-corrected chi connectivity index (χ1v) is 8.25. The van der Waals surface area contributed by atoms with Crippen LogP contribution in [-0.4, -0.2) is 27.5 Å². The number of hydrogen-bond acceptors (Lipinski definition) is 4. The number of aromatic nitrogens is 2. The highest BCUT2D eigenvalue weighted by molar-refractivity contribution is 9.10. The lowest BCUT2D eigenvalue weighted by molar-refractivity contribution is -0.135. The summed E-state index contributed by atoms with van der Waals surface area (Å²) in [5, 5.41) is 4.06. The minimum absolute atomic E-state index is 0.0190. The van der Waals surface area contributed by atoms with Gasteiger partial charge in [-0.05, 0) is 37.1 Å². The van der Waals surface area contributed by atoms with Crippen molar-refractivity contribution in [1.29, 1.82) is 0 Å². The molecule has 0 bridgehead atoms. The van der Waals surface area contributed by atoms with Gasteiger partial charge in [-0.3, -0.25) is 4.79 Å². The summed E-state index contributed by atoms with van der Waals surface area (Å²) in [5.41, 5.74) is 0.901. The van der Waals surface area contributed by atoms with E-state index in [0.29, 0.717) is 11.7 Å². The maximum atomic E-state index is 12.3. The Kier molecular flexibility index (Phi) is 4.29. The molecule has 2 aromatic rings. The van der Waals surface area contributed by atoms with Crippen LogP contribution in [0.25, 0.3) is 11.4 Å². The number of carbonyl (C=O) groups is 1. The molecule has 3 rings (SSSR count). The van der Waals surface area contributed by atoms with E-state index >= 15 is 0 Å². The lowest BCUT2D eigenvalue weighted by Gasteiger charge is -2.23. The average Bonchev–Trinajstić information content (AvgIpc) is 3.15. The monoisotopic (exact) mass is 363 g/mol. The van der Waals surface area contributed by atoms with Crippen LogP contribution < -0.4 is 0 Å². The van der Waals surface area contributed by atoms with Gasteiger partial charge in [0.25, 0.3) is 0 Å². The van der Waals surface area contributed by atoms with Crippen molar-refractivity contribution in [3.05, 3.63) is 34.6 Å². The maximum absolute atomic E-state index is 12.3. The Morgan fingerprint density at radius 2 is 2.09 bits per heavy atom. The van der Waals surface area contributed by atoms with Crippen LogP contribution in [0.2, 0.25) is 0 Å². The van der Waals surface area contributed by atoms with Crippen LogP contribution in [0, 0.1) is 5.92 Å². The van der Waals surface area contributed by atoms with E-state index < -0.39 is 0 Å². The summed E-state index contributed by atoms with van der Waals surface area (Å²) in [6, 6.07) is 7.66. The molecule has 1 aliphatic rings. The molecule has 0 radical (unpaired) electrons. The summed E-state index contributed by atoms with van der Waals surface area (Å²) in [6.07, 6.45) is 1.85. The summed E-state index contributed by atoms with van der Waals surface area (Å²) < 4.78 is 6.43. The number of rotatable bonds is 3. The first kappa shape index (κ1) is 15.2. The van der Waals surface area contributed by atoms with Crippen molar-refractivity contribution in [3.63, 3.8) is 0 Å². The summed E-state index contributed by atoms with van der Waals surface area (Å²) in [4.78, 5) is 18.6.